The van der Waals surface area contributed by atoms with Gasteiger partial charge in [0.1, 0.15) is 0 Å². The molecule has 21 heavy (non-hydrogen) atoms. The minimum absolute atomic E-state index is 0.0438. The third-order valence-electron chi connectivity index (χ3n) is 3.90. The van der Waals surface area contributed by atoms with Crippen LogP contribution in [0.2, 0.25) is 0 Å². The molecule has 2 atom stereocenters. The summed E-state index contributed by atoms with van der Waals surface area (Å²) in [6.45, 7) is 1.94. The molecule has 1 aromatic carbocycles. The Kier molecular flexibility index (Phi) is 5.33. The van der Waals surface area contributed by atoms with Gasteiger partial charge in [-0.15, -0.1) is 0 Å². The highest BCUT2D eigenvalue weighted by molar-refractivity contribution is 5.88. The molecule has 5 nitrogen and oxygen atoms in total. The highest BCUT2D eigenvalue weighted by Gasteiger charge is 2.25. The van der Waals surface area contributed by atoms with Crippen molar-refractivity contribution >= 4 is 17.5 Å². The first kappa shape index (κ1) is 15.5. The number of carbonyl (C=O) groups is 2. The predicted molar refractivity (Wildman–Crippen MR) is 82.5 cm³/mol. The number of anilines is 1. The molecule has 1 aliphatic carbocycles. The summed E-state index contributed by atoms with van der Waals surface area (Å²) in [5.41, 5.74) is 7.69. The molecular weight excluding hydrogens is 266 g/mol. The summed E-state index contributed by atoms with van der Waals surface area (Å²) in [6.07, 6.45) is 3.70. The van der Waals surface area contributed by atoms with Crippen LogP contribution in [0.4, 0.5) is 5.69 Å². The number of benzene rings is 1. The minimum atomic E-state index is -0.105. The largest absolute Gasteiger partial charge is 0.352 e. The summed E-state index contributed by atoms with van der Waals surface area (Å²) in [7, 11) is 0. The molecule has 1 aromatic rings. The first-order valence-corrected chi connectivity index (χ1v) is 7.43. The first-order valence-electron chi connectivity index (χ1n) is 7.43. The molecule has 0 saturated heterocycles. The van der Waals surface area contributed by atoms with E-state index in [1.807, 2.05) is 24.3 Å². The van der Waals surface area contributed by atoms with Crippen molar-refractivity contribution in [3.63, 3.8) is 0 Å². The van der Waals surface area contributed by atoms with E-state index in [4.69, 9.17) is 5.73 Å². The van der Waals surface area contributed by atoms with Crippen molar-refractivity contribution in [1.82, 2.24) is 5.32 Å². The van der Waals surface area contributed by atoms with Crippen LogP contribution in [0.25, 0.3) is 0 Å². The second kappa shape index (κ2) is 7.22. The van der Waals surface area contributed by atoms with Gasteiger partial charge in [0.15, 0.2) is 0 Å². The highest BCUT2D eigenvalue weighted by Crippen LogP contribution is 2.26. The van der Waals surface area contributed by atoms with Gasteiger partial charge in [-0.25, -0.2) is 0 Å². The standard InChI is InChI=1S/C16H23N3O2/c1-11(20)19-14-6-2-4-12(8-14)10-18-16(21)9-13-5-3-7-15(13)17/h2,4,6,8,13,15H,3,5,7,9-10,17H2,1H3,(H,18,21)(H,19,20)/t13-,15+/m0/s1. The van der Waals surface area contributed by atoms with Crippen LogP contribution in [0.5, 0.6) is 0 Å². The fourth-order valence-corrected chi connectivity index (χ4v) is 2.79. The number of amides is 2. The van der Waals surface area contributed by atoms with E-state index in [0.717, 1.165) is 30.5 Å². The SMILES string of the molecule is CC(=O)Nc1cccc(CNC(=O)C[C@@H]2CCC[C@H]2N)c1. The molecule has 1 saturated carbocycles. The van der Waals surface area contributed by atoms with Gasteiger partial charge < -0.3 is 16.4 Å². The second-order valence-corrected chi connectivity index (χ2v) is 5.72. The number of nitrogens with two attached hydrogens (primary N) is 1. The summed E-state index contributed by atoms with van der Waals surface area (Å²) >= 11 is 0. The molecule has 0 spiro atoms. The van der Waals surface area contributed by atoms with Crippen molar-refractivity contribution < 1.29 is 9.59 Å². The number of hydrogen-bond donors (Lipinski definition) is 3. The Morgan fingerprint density at radius 1 is 1.33 bits per heavy atom. The molecule has 0 aromatic heterocycles. The van der Waals surface area contributed by atoms with E-state index in [9.17, 15) is 9.59 Å². The van der Waals surface area contributed by atoms with Crippen LogP contribution in [-0.2, 0) is 16.1 Å². The maximum Gasteiger partial charge on any atom is 0.221 e. The molecule has 2 amide bonds. The molecule has 4 N–H and O–H groups in total. The quantitative estimate of drug-likeness (QED) is 0.772. The van der Waals surface area contributed by atoms with Crippen molar-refractivity contribution in [2.45, 2.75) is 45.2 Å². The fourth-order valence-electron chi connectivity index (χ4n) is 2.79. The molecule has 1 aliphatic rings. The van der Waals surface area contributed by atoms with Crippen molar-refractivity contribution in [1.29, 1.82) is 0 Å². The Bertz CT molecular complexity index is 516. The van der Waals surface area contributed by atoms with Gasteiger partial charge in [0.25, 0.3) is 0 Å². The average molecular weight is 289 g/mol. The number of nitrogens with one attached hydrogen (secondary N) is 2. The lowest BCUT2D eigenvalue weighted by molar-refractivity contribution is -0.122. The maximum absolute atomic E-state index is 11.9. The lowest BCUT2D eigenvalue weighted by Gasteiger charge is -2.15. The normalized spacial score (nSPS) is 21.0. The van der Waals surface area contributed by atoms with Crippen molar-refractivity contribution in [2.24, 2.45) is 11.7 Å². The van der Waals surface area contributed by atoms with Gasteiger partial charge in [-0.1, -0.05) is 18.6 Å². The predicted octanol–water partition coefficient (Wildman–Crippen LogP) is 1.78. The molecule has 5 heteroatoms. The topological polar surface area (TPSA) is 84.2 Å². The Labute approximate surface area is 125 Å². The number of rotatable bonds is 5. The number of hydrogen-bond acceptors (Lipinski definition) is 3. The van der Waals surface area contributed by atoms with Gasteiger partial charge in [-0.2, -0.15) is 0 Å². The molecule has 2 rings (SSSR count). The van der Waals surface area contributed by atoms with E-state index >= 15 is 0 Å². The van der Waals surface area contributed by atoms with Gasteiger partial charge >= 0.3 is 0 Å². The molecule has 0 heterocycles. The summed E-state index contributed by atoms with van der Waals surface area (Å²) in [4.78, 5) is 23.0. The van der Waals surface area contributed by atoms with E-state index in [2.05, 4.69) is 10.6 Å². The second-order valence-electron chi connectivity index (χ2n) is 5.72. The van der Waals surface area contributed by atoms with Crippen molar-refractivity contribution in [2.75, 3.05) is 5.32 Å². The zero-order valence-electron chi connectivity index (χ0n) is 12.4. The molecule has 114 valence electrons. The zero-order valence-corrected chi connectivity index (χ0v) is 12.4. The first-order chi connectivity index (χ1) is 10.0. The summed E-state index contributed by atoms with van der Waals surface area (Å²) in [5, 5.41) is 5.65. The molecule has 1 fully saturated rings. The molecule has 0 bridgehead atoms. The smallest absolute Gasteiger partial charge is 0.221 e. The van der Waals surface area contributed by atoms with Gasteiger partial charge in [0.05, 0.1) is 0 Å². The number of carbonyl (C=O) groups excluding carboxylic acids is 2. The van der Waals surface area contributed by atoms with E-state index in [1.54, 1.807) is 0 Å². The minimum Gasteiger partial charge on any atom is -0.352 e. The van der Waals surface area contributed by atoms with Crippen LogP contribution < -0.4 is 16.4 Å². The summed E-state index contributed by atoms with van der Waals surface area (Å²) in [6, 6.07) is 7.64. The molecular formula is C16H23N3O2. The monoisotopic (exact) mass is 289 g/mol. The van der Waals surface area contributed by atoms with Crippen LogP contribution in [0, 0.1) is 5.92 Å². The van der Waals surface area contributed by atoms with Gasteiger partial charge in [0, 0.05) is 31.6 Å². The summed E-state index contributed by atoms with van der Waals surface area (Å²) < 4.78 is 0. The van der Waals surface area contributed by atoms with Crippen LogP contribution in [0.1, 0.15) is 38.2 Å². The van der Waals surface area contributed by atoms with Gasteiger partial charge in [0.2, 0.25) is 11.8 Å². The van der Waals surface area contributed by atoms with Crippen LogP contribution in [0.3, 0.4) is 0 Å². The third-order valence-corrected chi connectivity index (χ3v) is 3.90. The Morgan fingerprint density at radius 3 is 2.81 bits per heavy atom. The Morgan fingerprint density at radius 2 is 2.14 bits per heavy atom. The Hall–Kier alpha value is -1.88. The van der Waals surface area contributed by atoms with Crippen LogP contribution in [0.15, 0.2) is 24.3 Å². The van der Waals surface area contributed by atoms with E-state index in [1.165, 1.54) is 6.92 Å². The van der Waals surface area contributed by atoms with E-state index in [0.29, 0.717) is 18.9 Å². The van der Waals surface area contributed by atoms with Gasteiger partial charge in [-0.05, 0) is 36.5 Å². The molecule has 0 aliphatic heterocycles. The lowest BCUT2D eigenvalue weighted by Crippen LogP contribution is -2.31. The van der Waals surface area contributed by atoms with Crippen molar-refractivity contribution in [3.05, 3.63) is 29.8 Å². The lowest BCUT2D eigenvalue weighted by atomic mass is 10.00. The van der Waals surface area contributed by atoms with E-state index < -0.39 is 0 Å². The Balaban J connectivity index is 1.82. The third kappa shape index (κ3) is 4.86. The summed E-state index contributed by atoms with van der Waals surface area (Å²) in [5.74, 6) is 0.254. The fraction of sp³-hybridized carbons (Fsp3) is 0.500. The van der Waals surface area contributed by atoms with Crippen LogP contribution in [-0.4, -0.2) is 17.9 Å². The molecule has 0 radical (unpaired) electrons. The van der Waals surface area contributed by atoms with Crippen LogP contribution >= 0.6 is 0 Å². The highest BCUT2D eigenvalue weighted by atomic mass is 16.2. The maximum atomic E-state index is 11.9. The van der Waals surface area contributed by atoms with E-state index in [-0.39, 0.29) is 17.9 Å². The average Bonchev–Trinajstić information content (AvgIpc) is 2.82. The zero-order chi connectivity index (χ0) is 15.2. The van der Waals surface area contributed by atoms with Crippen molar-refractivity contribution in [3.8, 4) is 0 Å². The molecule has 0 unspecified atom stereocenters. The van der Waals surface area contributed by atoms with Gasteiger partial charge in [-0.3, -0.25) is 9.59 Å².